The third kappa shape index (κ3) is 2.27. The lowest BCUT2D eigenvalue weighted by molar-refractivity contribution is -0.138. The zero-order chi connectivity index (χ0) is 11.8. The van der Waals surface area contributed by atoms with Gasteiger partial charge in [-0.05, 0) is 13.0 Å². The molecule has 90 valence electrons. The summed E-state index contributed by atoms with van der Waals surface area (Å²) in [6.45, 7) is 1.66. The number of rotatable bonds is 2. The van der Waals surface area contributed by atoms with E-state index in [1.54, 1.807) is 11.9 Å². The van der Waals surface area contributed by atoms with Crippen molar-refractivity contribution in [2.75, 3.05) is 25.0 Å². The summed E-state index contributed by atoms with van der Waals surface area (Å²) in [4.78, 5) is 1.76. The summed E-state index contributed by atoms with van der Waals surface area (Å²) in [5, 5.41) is 9.32. The molecule has 1 N–H and O–H groups in total. The van der Waals surface area contributed by atoms with Gasteiger partial charge in [-0.3, -0.25) is 0 Å². The number of hydrogen-bond donors (Lipinski definition) is 1. The molecule has 1 aliphatic rings. The zero-order valence-electron chi connectivity index (χ0n) is 8.58. The first kappa shape index (κ1) is 11.6. The maximum Gasteiger partial charge on any atom is 0.445 e. The molecule has 0 spiro atoms. The fraction of sp³-hybridized carbons (Fsp3) is 0.750. The van der Waals surface area contributed by atoms with Crippen LogP contribution < -0.4 is 10.2 Å². The van der Waals surface area contributed by atoms with Crippen LogP contribution in [0.1, 0.15) is 11.4 Å². The van der Waals surface area contributed by atoms with E-state index < -0.39 is 11.2 Å². The molecule has 0 amide bonds. The summed E-state index contributed by atoms with van der Waals surface area (Å²) < 4.78 is 37.0. The predicted molar refractivity (Wildman–Crippen MR) is 54.6 cm³/mol. The second-order valence-electron chi connectivity index (χ2n) is 3.65. The number of alkyl halides is 3. The van der Waals surface area contributed by atoms with Gasteiger partial charge in [-0.25, -0.2) is 0 Å². The number of nitrogens with one attached hydrogen (secondary N) is 1. The highest BCUT2D eigenvalue weighted by molar-refractivity contribution is 7.15. The second kappa shape index (κ2) is 4.17. The topological polar surface area (TPSA) is 41.1 Å². The Morgan fingerprint density at radius 2 is 2.19 bits per heavy atom. The average molecular weight is 252 g/mol. The first-order valence-corrected chi connectivity index (χ1v) is 5.64. The minimum Gasteiger partial charge on any atom is -0.345 e. The lowest BCUT2D eigenvalue weighted by atomic mass is 10.2. The van der Waals surface area contributed by atoms with Crippen LogP contribution in [-0.4, -0.2) is 36.4 Å². The van der Waals surface area contributed by atoms with E-state index in [0.29, 0.717) is 16.5 Å². The van der Waals surface area contributed by atoms with Crippen molar-refractivity contribution in [2.45, 2.75) is 18.6 Å². The number of nitrogens with zero attached hydrogens (tertiary/aromatic N) is 3. The first-order valence-electron chi connectivity index (χ1n) is 4.83. The van der Waals surface area contributed by atoms with Gasteiger partial charge in [-0.2, -0.15) is 13.2 Å². The molecule has 4 nitrogen and oxygen atoms in total. The maximum atomic E-state index is 12.3. The molecule has 8 heteroatoms. The molecular formula is C8H11F3N4S. The number of aromatic nitrogens is 2. The van der Waals surface area contributed by atoms with Crippen molar-refractivity contribution in [3.63, 3.8) is 0 Å². The monoisotopic (exact) mass is 252 g/mol. The van der Waals surface area contributed by atoms with E-state index in [9.17, 15) is 13.2 Å². The molecule has 1 saturated heterocycles. The Balaban J connectivity index is 2.12. The fourth-order valence-electron chi connectivity index (χ4n) is 1.60. The lowest BCUT2D eigenvalue weighted by Gasteiger charge is -2.21. The van der Waals surface area contributed by atoms with E-state index in [0.717, 1.165) is 19.5 Å². The Morgan fingerprint density at radius 1 is 1.44 bits per heavy atom. The first-order chi connectivity index (χ1) is 7.48. The lowest BCUT2D eigenvalue weighted by Crippen LogP contribution is -2.33. The summed E-state index contributed by atoms with van der Waals surface area (Å²) in [6, 6.07) is 0.203. The second-order valence-corrected chi connectivity index (χ2v) is 4.60. The van der Waals surface area contributed by atoms with E-state index >= 15 is 0 Å². The third-order valence-corrected chi connectivity index (χ3v) is 3.60. The minimum absolute atomic E-state index is 0.203. The van der Waals surface area contributed by atoms with Gasteiger partial charge in [0, 0.05) is 19.6 Å². The molecule has 2 heterocycles. The Hall–Kier alpha value is -0.890. The largest absolute Gasteiger partial charge is 0.445 e. The summed E-state index contributed by atoms with van der Waals surface area (Å²) >= 11 is 0.586. The van der Waals surface area contributed by atoms with Gasteiger partial charge in [-0.1, -0.05) is 11.3 Å². The quantitative estimate of drug-likeness (QED) is 0.862. The summed E-state index contributed by atoms with van der Waals surface area (Å²) in [5.41, 5.74) is 0. The molecule has 0 aliphatic carbocycles. The van der Waals surface area contributed by atoms with E-state index in [4.69, 9.17) is 0 Å². The Bertz CT molecular complexity index is 358. The molecule has 0 radical (unpaired) electrons. The molecule has 1 atom stereocenters. The minimum atomic E-state index is -4.40. The molecule has 1 aliphatic heterocycles. The summed E-state index contributed by atoms with van der Waals surface area (Å²) in [6.07, 6.45) is -3.48. The molecule has 16 heavy (non-hydrogen) atoms. The molecule has 0 saturated carbocycles. The van der Waals surface area contributed by atoms with Crippen LogP contribution in [0.2, 0.25) is 0 Å². The third-order valence-electron chi connectivity index (χ3n) is 2.54. The molecule has 0 bridgehead atoms. The van der Waals surface area contributed by atoms with E-state index in [-0.39, 0.29) is 6.04 Å². The number of hydrogen-bond acceptors (Lipinski definition) is 5. The maximum absolute atomic E-state index is 12.3. The van der Waals surface area contributed by atoms with E-state index in [2.05, 4.69) is 15.5 Å². The zero-order valence-corrected chi connectivity index (χ0v) is 9.40. The van der Waals surface area contributed by atoms with Crippen LogP contribution in [0, 0.1) is 0 Å². The summed E-state index contributed by atoms with van der Waals surface area (Å²) in [7, 11) is 1.75. The van der Waals surface area contributed by atoms with Crippen molar-refractivity contribution in [3.05, 3.63) is 5.01 Å². The molecule has 0 aromatic carbocycles. The van der Waals surface area contributed by atoms with Crippen molar-refractivity contribution in [1.29, 1.82) is 0 Å². The van der Waals surface area contributed by atoms with E-state index in [1.165, 1.54) is 0 Å². The molecule has 2 rings (SSSR count). The van der Waals surface area contributed by atoms with Gasteiger partial charge < -0.3 is 10.2 Å². The van der Waals surface area contributed by atoms with Gasteiger partial charge in [0.05, 0.1) is 0 Å². The standard InChI is InChI=1S/C8H11F3N4S/c1-15(5-2-3-12-4-5)7-14-13-6(16-7)8(9,10)11/h5,12H,2-4H2,1H3. The number of anilines is 1. The fourth-order valence-corrected chi connectivity index (χ4v) is 2.34. The Kier molecular flexibility index (Phi) is 3.02. The van der Waals surface area contributed by atoms with Gasteiger partial charge in [0.15, 0.2) is 0 Å². The van der Waals surface area contributed by atoms with Crippen molar-refractivity contribution < 1.29 is 13.2 Å². The van der Waals surface area contributed by atoms with E-state index in [1.807, 2.05) is 0 Å². The van der Waals surface area contributed by atoms with Crippen LogP contribution >= 0.6 is 11.3 Å². The molecular weight excluding hydrogens is 241 g/mol. The molecule has 1 aromatic rings. The van der Waals surface area contributed by atoms with Crippen LogP contribution in [0.5, 0.6) is 0 Å². The highest BCUT2D eigenvalue weighted by atomic mass is 32.1. The summed E-state index contributed by atoms with van der Waals surface area (Å²) in [5.74, 6) is 0. The van der Waals surface area contributed by atoms with Crippen LogP contribution in [0.3, 0.4) is 0 Å². The molecule has 1 aromatic heterocycles. The van der Waals surface area contributed by atoms with Crippen molar-refractivity contribution in [1.82, 2.24) is 15.5 Å². The smallest absolute Gasteiger partial charge is 0.345 e. The van der Waals surface area contributed by atoms with Crippen LogP contribution in [-0.2, 0) is 6.18 Å². The molecule has 1 unspecified atom stereocenters. The van der Waals surface area contributed by atoms with Crippen molar-refractivity contribution in [2.24, 2.45) is 0 Å². The van der Waals surface area contributed by atoms with Crippen LogP contribution in [0.4, 0.5) is 18.3 Å². The van der Waals surface area contributed by atoms with Gasteiger partial charge in [0.25, 0.3) is 0 Å². The van der Waals surface area contributed by atoms with Gasteiger partial charge in [0.2, 0.25) is 10.1 Å². The normalized spacial score (nSPS) is 21.4. The Morgan fingerprint density at radius 3 is 2.69 bits per heavy atom. The molecule has 1 fully saturated rings. The Labute approximate surface area is 94.5 Å². The van der Waals surface area contributed by atoms with Gasteiger partial charge in [-0.15, -0.1) is 10.2 Å². The highest BCUT2D eigenvalue weighted by Gasteiger charge is 2.36. The average Bonchev–Trinajstić information content (AvgIpc) is 2.87. The van der Waals surface area contributed by atoms with Crippen LogP contribution in [0.25, 0.3) is 0 Å². The SMILES string of the molecule is CN(c1nnc(C(F)(F)F)s1)C1CCNC1. The highest BCUT2D eigenvalue weighted by Crippen LogP contribution is 2.34. The van der Waals surface area contributed by atoms with Crippen molar-refractivity contribution in [3.8, 4) is 0 Å². The van der Waals surface area contributed by atoms with Gasteiger partial charge in [0.1, 0.15) is 0 Å². The van der Waals surface area contributed by atoms with Gasteiger partial charge >= 0.3 is 6.18 Å². The van der Waals surface area contributed by atoms with Crippen molar-refractivity contribution >= 4 is 16.5 Å². The predicted octanol–water partition coefficient (Wildman–Crippen LogP) is 1.35. The van der Waals surface area contributed by atoms with Crippen LogP contribution in [0.15, 0.2) is 0 Å². The number of likely N-dealkylation sites (N-methyl/N-ethyl adjacent to an activating group) is 1. The number of halogens is 3.